The molecule has 23 heavy (non-hydrogen) atoms. The van der Waals surface area contributed by atoms with E-state index < -0.39 is 0 Å². The van der Waals surface area contributed by atoms with Crippen molar-refractivity contribution >= 4 is 30.7 Å². The minimum Gasteiger partial charge on any atom is -0.346 e. The van der Waals surface area contributed by atoms with E-state index in [1.165, 1.54) is 6.33 Å². The van der Waals surface area contributed by atoms with Gasteiger partial charge in [-0.3, -0.25) is 4.79 Å². The van der Waals surface area contributed by atoms with Crippen LogP contribution in [0.15, 0.2) is 36.7 Å². The predicted molar refractivity (Wildman–Crippen MR) is 92.6 cm³/mol. The number of nitrogens with one attached hydrogen (secondary N) is 1. The average molecular weight is 358 g/mol. The van der Waals surface area contributed by atoms with Gasteiger partial charge in [0.25, 0.3) is 0 Å². The molecule has 1 amide bonds. The Morgan fingerprint density at radius 2 is 2.09 bits per heavy atom. The smallest absolute Gasteiger partial charge is 0.222 e. The van der Waals surface area contributed by atoms with Gasteiger partial charge in [0.15, 0.2) is 0 Å². The summed E-state index contributed by atoms with van der Waals surface area (Å²) < 4.78 is 1.85. The van der Waals surface area contributed by atoms with E-state index in [2.05, 4.69) is 15.4 Å². The lowest BCUT2D eigenvalue weighted by Gasteiger charge is -2.23. The molecule has 0 bridgehead atoms. The van der Waals surface area contributed by atoms with Crippen LogP contribution in [0, 0.1) is 0 Å². The number of aromatic nitrogens is 3. The predicted octanol–water partition coefficient (Wildman–Crippen LogP) is 2.16. The maximum atomic E-state index is 12.2. The first-order chi connectivity index (χ1) is 10.2. The molecule has 1 aliphatic heterocycles. The lowest BCUT2D eigenvalue weighted by atomic mass is 10.0. The molecular weight excluding hydrogens is 337 g/mol. The molecule has 3 rings (SSSR count). The van der Waals surface area contributed by atoms with Gasteiger partial charge in [-0.15, -0.1) is 24.8 Å². The molecule has 0 saturated carbocycles. The van der Waals surface area contributed by atoms with Crippen molar-refractivity contribution in [2.24, 2.45) is 5.73 Å². The Kier molecular flexibility index (Phi) is 7.48. The summed E-state index contributed by atoms with van der Waals surface area (Å²) in [5, 5.41) is 7.17. The van der Waals surface area contributed by atoms with E-state index in [4.69, 9.17) is 5.73 Å². The Bertz CT molecular complexity index is 619. The van der Waals surface area contributed by atoms with Crippen molar-refractivity contribution in [1.29, 1.82) is 0 Å². The fraction of sp³-hybridized carbons (Fsp3) is 0.400. The van der Waals surface area contributed by atoms with Crippen molar-refractivity contribution in [3.05, 3.63) is 48.0 Å². The number of hydrogen-bond donors (Lipinski definition) is 2. The van der Waals surface area contributed by atoms with Gasteiger partial charge < -0.3 is 11.1 Å². The molecular formula is C15H21Cl2N5O. The molecule has 1 aromatic carbocycles. The summed E-state index contributed by atoms with van der Waals surface area (Å²) in [4.78, 5) is 16.4. The van der Waals surface area contributed by atoms with Gasteiger partial charge in [0.1, 0.15) is 12.2 Å². The second kappa shape index (κ2) is 8.86. The summed E-state index contributed by atoms with van der Waals surface area (Å²) in [6.45, 7) is 0.866. The van der Waals surface area contributed by atoms with E-state index in [1.54, 1.807) is 0 Å². The number of halogens is 2. The molecule has 126 valence electrons. The molecule has 0 aliphatic carbocycles. The minimum absolute atomic E-state index is 0. The highest BCUT2D eigenvalue weighted by atomic mass is 35.5. The Labute approximate surface area is 147 Å². The van der Waals surface area contributed by atoms with E-state index in [-0.39, 0.29) is 49.2 Å². The summed E-state index contributed by atoms with van der Waals surface area (Å²) >= 11 is 0. The molecule has 0 radical (unpaired) electrons. The Hall–Kier alpha value is -1.63. The van der Waals surface area contributed by atoms with Gasteiger partial charge in [-0.05, 0) is 18.4 Å². The summed E-state index contributed by atoms with van der Waals surface area (Å²) in [5.41, 5.74) is 7.05. The van der Waals surface area contributed by atoms with Crippen LogP contribution in [0.1, 0.15) is 42.7 Å². The van der Waals surface area contributed by atoms with E-state index in [9.17, 15) is 4.79 Å². The molecule has 2 aromatic rings. The molecule has 2 heterocycles. The lowest BCUT2D eigenvalue weighted by molar-refractivity contribution is -0.122. The van der Waals surface area contributed by atoms with Crippen LogP contribution in [0.25, 0.3) is 0 Å². The van der Waals surface area contributed by atoms with Gasteiger partial charge in [-0.25, -0.2) is 9.67 Å². The number of aryl methyl sites for hydroxylation is 1. The molecule has 2 unspecified atom stereocenters. The summed E-state index contributed by atoms with van der Waals surface area (Å²) in [5.74, 6) is 0.788. The van der Waals surface area contributed by atoms with Crippen molar-refractivity contribution in [2.75, 3.05) is 0 Å². The molecule has 1 aliphatic rings. The van der Waals surface area contributed by atoms with Gasteiger partial charge in [0.05, 0.1) is 6.04 Å². The number of nitrogens with zero attached hydrogens (tertiary/aromatic N) is 3. The third-order valence-corrected chi connectivity index (χ3v) is 3.79. The Balaban J connectivity index is 0.00000132. The first-order valence-corrected chi connectivity index (χ1v) is 7.21. The van der Waals surface area contributed by atoms with Crippen molar-refractivity contribution < 1.29 is 4.79 Å². The summed E-state index contributed by atoms with van der Waals surface area (Å²) in [6.07, 6.45) is 3.70. The molecule has 6 nitrogen and oxygen atoms in total. The van der Waals surface area contributed by atoms with Crippen LogP contribution in [0.2, 0.25) is 0 Å². The zero-order valence-corrected chi connectivity index (χ0v) is 14.2. The van der Waals surface area contributed by atoms with E-state index in [1.807, 2.05) is 35.0 Å². The summed E-state index contributed by atoms with van der Waals surface area (Å²) in [7, 11) is 0. The Morgan fingerprint density at radius 1 is 1.35 bits per heavy atom. The highest BCUT2D eigenvalue weighted by molar-refractivity contribution is 5.85. The van der Waals surface area contributed by atoms with E-state index in [0.29, 0.717) is 0 Å². The van der Waals surface area contributed by atoms with Gasteiger partial charge in [0, 0.05) is 19.0 Å². The maximum Gasteiger partial charge on any atom is 0.222 e. The third kappa shape index (κ3) is 4.67. The summed E-state index contributed by atoms with van der Waals surface area (Å²) in [6, 6.07) is 9.33. The molecule has 1 aromatic heterocycles. The quantitative estimate of drug-likeness (QED) is 0.877. The van der Waals surface area contributed by atoms with Crippen molar-refractivity contribution in [3.63, 3.8) is 0 Å². The average Bonchev–Trinajstić information content (AvgIpc) is 2.97. The van der Waals surface area contributed by atoms with Crippen molar-refractivity contribution in [2.45, 2.75) is 37.9 Å². The van der Waals surface area contributed by atoms with Crippen LogP contribution >= 0.6 is 24.8 Å². The van der Waals surface area contributed by atoms with E-state index in [0.717, 1.165) is 30.8 Å². The van der Waals surface area contributed by atoms with Crippen LogP contribution in [-0.2, 0) is 11.3 Å². The third-order valence-electron chi connectivity index (χ3n) is 3.79. The largest absolute Gasteiger partial charge is 0.346 e. The number of rotatable bonds is 4. The minimum atomic E-state index is -0.285. The van der Waals surface area contributed by atoms with E-state index >= 15 is 0 Å². The van der Waals surface area contributed by atoms with Crippen LogP contribution in [0.5, 0.6) is 0 Å². The molecule has 0 fully saturated rings. The maximum absolute atomic E-state index is 12.2. The second-order valence-corrected chi connectivity index (χ2v) is 5.33. The zero-order chi connectivity index (χ0) is 14.7. The van der Waals surface area contributed by atoms with Crippen LogP contribution < -0.4 is 11.1 Å². The number of benzene rings is 1. The highest BCUT2D eigenvalue weighted by Gasteiger charge is 2.24. The first-order valence-electron chi connectivity index (χ1n) is 7.21. The molecule has 3 N–H and O–H groups in total. The van der Waals surface area contributed by atoms with Crippen molar-refractivity contribution in [1.82, 2.24) is 20.1 Å². The van der Waals surface area contributed by atoms with Gasteiger partial charge in [-0.1, -0.05) is 30.3 Å². The van der Waals surface area contributed by atoms with Gasteiger partial charge in [-0.2, -0.15) is 5.10 Å². The molecule has 0 spiro atoms. The number of carbonyl (C=O) groups is 1. The number of carbonyl (C=O) groups excluding carboxylic acids is 1. The van der Waals surface area contributed by atoms with Gasteiger partial charge in [0.2, 0.25) is 5.91 Å². The highest BCUT2D eigenvalue weighted by Crippen LogP contribution is 2.22. The van der Waals surface area contributed by atoms with Crippen LogP contribution in [-0.4, -0.2) is 20.7 Å². The van der Waals surface area contributed by atoms with Crippen molar-refractivity contribution in [3.8, 4) is 0 Å². The SMILES string of the molecule is Cl.Cl.NC(CC(=O)NC1CCCn2ncnc21)c1ccccc1. The zero-order valence-electron chi connectivity index (χ0n) is 12.6. The fourth-order valence-electron chi connectivity index (χ4n) is 2.70. The standard InChI is InChI=1S/C15H19N5O.2ClH/c16-12(11-5-2-1-3-6-11)9-14(21)19-13-7-4-8-20-15(13)17-10-18-20;;/h1-3,5-6,10,12-13H,4,7-9,16H2,(H,19,21);2*1H. The lowest BCUT2D eigenvalue weighted by Crippen LogP contribution is -2.34. The second-order valence-electron chi connectivity index (χ2n) is 5.33. The first kappa shape index (κ1) is 19.4. The molecule has 8 heteroatoms. The number of amides is 1. The number of hydrogen-bond acceptors (Lipinski definition) is 4. The van der Waals surface area contributed by atoms with Gasteiger partial charge >= 0.3 is 0 Å². The Morgan fingerprint density at radius 3 is 2.83 bits per heavy atom. The van der Waals surface area contributed by atoms with Crippen LogP contribution in [0.3, 0.4) is 0 Å². The molecule has 2 atom stereocenters. The van der Waals surface area contributed by atoms with Crippen LogP contribution in [0.4, 0.5) is 0 Å². The number of fused-ring (bicyclic) bond motifs is 1. The fourth-order valence-corrected chi connectivity index (χ4v) is 2.70. The number of nitrogens with two attached hydrogens (primary N) is 1. The topological polar surface area (TPSA) is 85.8 Å². The molecule has 0 saturated heterocycles. The monoisotopic (exact) mass is 357 g/mol. The normalized spacial score (nSPS) is 17.2.